The molecule has 130 valence electrons. The minimum absolute atomic E-state index is 0.277. The molecule has 2 fully saturated rings. The van der Waals surface area contributed by atoms with Gasteiger partial charge in [-0.2, -0.15) is 5.10 Å². The number of aryl methyl sites for hydroxylation is 1. The van der Waals surface area contributed by atoms with Gasteiger partial charge in [0.25, 0.3) is 0 Å². The molecule has 0 radical (unpaired) electrons. The summed E-state index contributed by atoms with van der Waals surface area (Å²) in [5.74, 6) is 1.03. The van der Waals surface area contributed by atoms with Crippen LogP contribution < -0.4 is 0 Å². The Morgan fingerprint density at radius 1 is 1.21 bits per heavy atom. The molecule has 1 saturated heterocycles. The maximum Gasteiger partial charge on any atom is 0.168 e. The summed E-state index contributed by atoms with van der Waals surface area (Å²) in [5, 5.41) is 16.7. The zero-order valence-electron chi connectivity index (χ0n) is 14.5. The van der Waals surface area contributed by atoms with Crippen molar-refractivity contribution in [3.8, 4) is 0 Å². The SMILES string of the molecule is C[C@H](c1nnnn1C1CC1)N1CCCN(Cc2cnn(C)c2)CC1. The normalized spacial score (nSPS) is 21.8. The minimum Gasteiger partial charge on any atom is -0.298 e. The highest BCUT2D eigenvalue weighted by Gasteiger charge is 2.31. The van der Waals surface area contributed by atoms with Crippen molar-refractivity contribution in [2.45, 2.75) is 44.8 Å². The van der Waals surface area contributed by atoms with Crippen molar-refractivity contribution in [3.05, 3.63) is 23.8 Å². The van der Waals surface area contributed by atoms with Gasteiger partial charge in [-0.25, -0.2) is 4.68 Å². The Labute approximate surface area is 142 Å². The fourth-order valence-corrected chi connectivity index (χ4v) is 3.57. The first kappa shape index (κ1) is 15.7. The van der Waals surface area contributed by atoms with Crippen molar-refractivity contribution in [2.75, 3.05) is 26.2 Å². The van der Waals surface area contributed by atoms with Gasteiger partial charge in [0.2, 0.25) is 0 Å². The molecule has 0 amide bonds. The van der Waals surface area contributed by atoms with Crippen LogP contribution in [0, 0.1) is 0 Å². The lowest BCUT2D eigenvalue weighted by atomic mass is 10.2. The Balaban J connectivity index is 1.38. The van der Waals surface area contributed by atoms with Crippen LogP contribution in [0.25, 0.3) is 0 Å². The van der Waals surface area contributed by atoms with E-state index in [2.05, 4.69) is 43.5 Å². The molecule has 0 unspecified atom stereocenters. The third-order valence-electron chi connectivity index (χ3n) is 5.12. The number of tetrazole rings is 1. The molecular formula is C16H26N8. The second-order valence-electron chi connectivity index (χ2n) is 7.08. The van der Waals surface area contributed by atoms with Gasteiger partial charge < -0.3 is 0 Å². The molecule has 0 spiro atoms. The highest BCUT2D eigenvalue weighted by molar-refractivity contribution is 5.03. The molecule has 1 aliphatic heterocycles. The van der Waals surface area contributed by atoms with E-state index >= 15 is 0 Å². The van der Waals surface area contributed by atoms with Crippen molar-refractivity contribution in [1.82, 2.24) is 39.8 Å². The van der Waals surface area contributed by atoms with Gasteiger partial charge in [0.1, 0.15) is 0 Å². The molecule has 1 aliphatic carbocycles. The number of rotatable bonds is 5. The Morgan fingerprint density at radius 3 is 2.83 bits per heavy atom. The highest BCUT2D eigenvalue weighted by atomic mass is 15.6. The first-order chi connectivity index (χ1) is 11.7. The lowest BCUT2D eigenvalue weighted by Crippen LogP contribution is -2.33. The van der Waals surface area contributed by atoms with Crippen molar-refractivity contribution in [1.29, 1.82) is 0 Å². The molecule has 1 atom stereocenters. The molecule has 0 N–H and O–H groups in total. The summed E-state index contributed by atoms with van der Waals surface area (Å²) in [5.41, 5.74) is 1.29. The molecule has 2 aliphatic rings. The van der Waals surface area contributed by atoms with Crippen LogP contribution in [0.15, 0.2) is 12.4 Å². The smallest absolute Gasteiger partial charge is 0.168 e. The number of hydrogen-bond donors (Lipinski definition) is 0. The molecule has 3 heterocycles. The van der Waals surface area contributed by atoms with Gasteiger partial charge in [-0.05, 0) is 43.2 Å². The highest BCUT2D eigenvalue weighted by Crippen LogP contribution is 2.36. The van der Waals surface area contributed by atoms with Crippen LogP contribution in [0.5, 0.6) is 0 Å². The molecule has 2 aromatic rings. The predicted molar refractivity (Wildman–Crippen MR) is 89.2 cm³/mol. The van der Waals surface area contributed by atoms with Crippen LogP contribution in [0.1, 0.15) is 49.7 Å². The first-order valence-corrected chi connectivity index (χ1v) is 8.92. The fourth-order valence-electron chi connectivity index (χ4n) is 3.57. The summed E-state index contributed by atoms with van der Waals surface area (Å²) in [6, 6.07) is 0.811. The quantitative estimate of drug-likeness (QED) is 0.815. The molecule has 0 aromatic carbocycles. The van der Waals surface area contributed by atoms with E-state index < -0.39 is 0 Å². The van der Waals surface area contributed by atoms with Crippen molar-refractivity contribution in [2.24, 2.45) is 7.05 Å². The maximum atomic E-state index is 4.31. The Hall–Kier alpha value is -1.80. The molecule has 24 heavy (non-hydrogen) atoms. The predicted octanol–water partition coefficient (Wildman–Crippen LogP) is 1.01. The zero-order chi connectivity index (χ0) is 16.5. The van der Waals surface area contributed by atoms with Gasteiger partial charge in [0.15, 0.2) is 5.82 Å². The van der Waals surface area contributed by atoms with Crippen LogP contribution >= 0.6 is 0 Å². The summed E-state index contributed by atoms with van der Waals surface area (Å²) >= 11 is 0. The Morgan fingerprint density at radius 2 is 2.08 bits per heavy atom. The molecular weight excluding hydrogens is 304 g/mol. The van der Waals surface area contributed by atoms with E-state index in [-0.39, 0.29) is 6.04 Å². The van der Waals surface area contributed by atoms with E-state index in [0.717, 1.165) is 38.5 Å². The molecule has 2 aromatic heterocycles. The number of hydrogen-bond acceptors (Lipinski definition) is 6. The van der Waals surface area contributed by atoms with Crippen molar-refractivity contribution in [3.63, 3.8) is 0 Å². The van der Waals surface area contributed by atoms with Gasteiger partial charge in [0, 0.05) is 45.0 Å². The van der Waals surface area contributed by atoms with E-state index in [1.165, 1.54) is 24.8 Å². The van der Waals surface area contributed by atoms with Crippen molar-refractivity contribution >= 4 is 0 Å². The monoisotopic (exact) mass is 330 g/mol. The minimum atomic E-state index is 0.277. The van der Waals surface area contributed by atoms with Crippen molar-refractivity contribution < 1.29 is 0 Å². The van der Waals surface area contributed by atoms with E-state index in [1.54, 1.807) is 0 Å². The Kier molecular flexibility index (Phi) is 4.32. The van der Waals surface area contributed by atoms with Crippen LogP contribution in [0.3, 0.4) is 0 Å². The van der Waals surface area contributed by atoms with Gasteiger partial charge in [-0.1, -0.05) is 0 Å². The third kappa shape index (κ3) is 3.34. The Bertz CT molecular complexity index is 673. The van der Waals surface area contributed by atoms with Gasteiger partial charge >= 0.3 is 0 Å². The van der Waals surface area contributed by atoms with Crippen LogP contribution in [-0.4, -0.2) is 66.0 Å². The average molecular weight is 330 g/mol. The molecule has 8 nitrogen and oxygen atoms in total. The summed E-state index contributed by atoms with van der Waals surface area (Å²) in [4.78, 5) is 5.04. The van der Waals surface area contributed by atoms with Crippen LogP contribution in [-0.2, 0) is 13.6 Å². The lowest BCUT2D eigenvalue weighted by molar-refractivity contribution is 0.197. The summed E-state index contributed by atoms with van der Waals surface area (Å²) in [6.45, 7) is 7.58. The number of nitrogens with zero attached hydrogens (tertiary/aromatic N) is 8. The standard InChI is InChI=1S/C16H26N8/c1-13(16-18-19-20-24(16)15-4-5-15)23-7-3-6-22(8-9-23)12-14-10-17-21(2)11-14/h10-11,13,15H,3-9,12H2,1-2H3/t13-/m1/s1. The largest absolute Gasteiger partial charge is 0.298 e. The second kappa shape index (κ2) is 6.60. The van der Waals surface area contributed by atoms with Gasteiger partial charge in [-0.15, -0.1) is 5.10 Å². The van der Waals surface area contributed by atoms with E-state index in [0.29, 0.717) is 6.04 Å². The van der Waals surface area contributed by atoms with Gasteiger partial charge in [-0.3, -0.25) is 14.5 Å². The van der Waals surface area contributed by atoms with E-state index in [1.807, 2.05) is 22.6 Å². The number of aromatic nitrogens is 6. The van der Waals surface area contributed by atoms with E-state index in [4.69, 9.17) is 0 Å². The fraction of sp³-hybridized carbons (Fsp3) is 0.750. The third-order valence-corrected chi connectivity index (χ3v) is 5.12. The lowest BCUT2D eigenvalue weighted by Gasteiger charge is -2.27. The molecule has 1 saturated carbocycles. The van der Waals surface area contributed by atoms with Crippen LogP contribution in [0.4, 0.5) is 0 Å². The average Bonchev–Trinajstić information content (AvgIpc) is 3.23. The summed E-state index contributed by atoms with van der Waals surface area (Å²) < 4.78 is 3.92. The topological polar surface area (TPSA) is 67.9 Å². The second-order valence-corrected chi connectivity index (χ2v) is 7.08. The van der Waals surface area contributed by atoms with E-state index in [9.17, 15) is 0 Å². The van der Waals surface area contributed by atoms with Gasteiger partial charge in [0.05, 0.1) is 18.3 Å². The zero-order valence-corrected chi connectivity index (χ0v) is 14.5. The first-order valence-electron chi connectivity index (χ1n) is 8.92. The van der Waals surface area contributed by atoms with Crippen LogP contribution in [0.2, 0.25) is 0 Å². The molecule has 0 bridgehead atoms. The summed E-state index contributed by atoms with van der Waals surface area (Å²) in [7, 11) is 1.97. The molecule has 4 rings (SSSR count). The summed E-state index contributed by atoms with van der Waals surface area (Å²) in [6.07, 6.45) is 7.67. The molecule has 8 heteroatoms. The maximum absolute atomic E-state index is 4.31.